The highest BCUT2D eigenvalue weighted by molar-refractivity contribution is 9.10. The van der Waals surface area contributed by atoms with E-state index in [9.17, 15) is 9.59 Å². The number of carbonyl (C=O) groups is 2. The Bertz CT molecular complexity index is 1250. The summed E-state index contributed by atoms with van der Waals surface area (Å²) in [5, 5.41) is 0.379. The van der Waals surface area contributed by atoms with Crippen LogP contribution < -0.4 is 9.47 Å². The molecule has 1 aliphatic rings. The zero-order chi connectivity index (χ0) is 24.1. The van der Waals surface area contributed by atoms with Crippen molar-refractivity contribution < 1.29 is 19.1 Å². The van der Waals surface area contributed by atoms with Gasteiger partial charge >= 0.3 is 0 Å². The van der Waals surface area contributed by atoms with Gasteiger partial charge in [0.25, 0.3) is 11.1 Å². The van der Waals surface area contributed by atoms with Crippen LogP contribution in [0.4, 0.5) is 4.79 Å². The lowest BCUT2D eigenvalue weighted by atomic mass is 10.1. The third kappa shape index (κ3) is 5.84. The molecule has 0 bridgehead atoms. The van der Waals surface area contributed by atoms with Crippen LogP contribution in [0, 0.1) is 0 Å². The fourth-order valence-electron chi connectivity index (χ4n) is 3.33. The smallest absolute Gasteiger partial charge is 0.293 e. The van der Waals surface area contributed by atoms with Crippen LogP contribution in [0.25, 0.3) is 6.08 Å². The Hall–Kier alpha value is -2.74. The van der Waals surface area contributed by atoms with Gasteiger partial charge in [0.1, 0.15) is 6.61 Å². The Kier molecular flexibility index (Phi) is 7.98. The first-order chi connectivity index (χ1) is 16.4. The van der Waals surface area contributed by atoms with Gasteiger partial charge in [-0.15, -0.1) is 0 Å². The van der Waals surface area contributed by atoms with Gasteiger partial charge in [0.05, 0.1) is 18.1 Å². The minimum atomic E-state index is -0.313. The van der Waals surface area contributed by atoms with Crippen LogP contribution in [0.3, 0.4) is 0 Å². The van der Waals surface area contributed by atoms with E-state index in [1.54, 1.807) is 12.1 Å². The van der Waals surface area contributed by atoms with Crippen molar-refractivity contribution in [3.05, 3.63) is 97.8 Å². The molecule has 4 rings (SSSR count). The number of hydrogen-bond donors (Lipinski definition) is 0. The van der Waals surface area contributed by atoms with E-state index in [4.69, 9.17) is 21.1 Å². The number of carbonyl (C=O) groups excluding carboxylic acids is 2. The Morgan fingerprint density at radius 3 is 2.50 bits per heavy atom. The van der Waals surface area contributed by atoms with Crippen LogP contribution in [0.15, 0.2) is 76.1 Å². The molecule has 8 heteroatoms. The van der Waals surface area contributed by atoms with Crippen LogP contribution in [0.2, 0.25) is 5.02 Å². The zero-order valence-corrected chi connectivity index (χ0v) is 21.5. The summed E-state index contributed by atoms with van der Waals surface area (Å²) in [5.41, 5.74) is 2.59. The molecule has 0 N–H and O–H groups in total. The number of rotatable bonds is 8. The molecule has 0 aliphatic carbocycles. The normalized spacial score (nSPS) is 14.7. The highest BCUT2D eigenvalue weighted by Gasteiger charge is 2.35. The lowest BCUT2D eigenvalue weighted by Gasteiger charge is -2.14. The van der Waals surface area contributed by atoms with Crippen LogP contribution in [0.5, 0.6) is 11.5 Å². The van der Waals surface area contributed by atoms with Crippen molar-refractivity contribution in [2.24, 2.45) is 0 Å². The van der Waals surface area contributed by atoms with E-state index in [-0.39, 0.29) is 17.7 Å². The molecule has 0 spiro atoms. The highest BCUT2D eigenvalue weighted by Crippen LogP contribution is 2.36. The molecule has 2 amide bonds. The molecular formula is C26H21BrClNO4S. The molecule has 0 saturated carbocycles. The molecule has 1 heterocycles. The summed E-state index contributed by atoms with van der Waals surface area (Å²) < 4.78 is 12.6. The maximum Gasteiger partial charge on any atom is 0.293 e. The molecule has 3 aromatic carbocycles. The first-order valence-corrected chi connectivity index (χ1v) is 12.6. The Labute approximate surface area is 215 Å². The van der Waals surface area contributed by atoms with Crippen molar-refractivity contribution in [1.82, 2.24) is 4.90 Å². The van der Waals surface area contributed by atoms with Gasteiger partial charge in [-0.2, -0.15) is 0 Å². The van der Waals surface area contributed by atoms with Crippen molar-refractivity contribution in [2.45, 2.75) is 20.1 Å². The standard InChI is InChI=1S/C26H21BrClNO4S/c1-2-32-23-13-18(9-12-22(23)33-16-17-7-10-20(28)11-8-17)14-24-25(30)29(26(31)34-24)15-19-5-3-4-6-21(19)27/h3-14H,2,15-16H2,1H3/b24-14-. The second-order valence-electron chi connectivity index (χ2n) is 7.41. The minimum Gasteiger partial charge on any atom is -0.490 e. The number of thioether (sulfide) groups is 1. The van der Waals surface area contributed by atoms with E-state index in [2.05, 4.69) is 15.9 Å². The van der Waals surface area contributed by atoms with Crippen LogP contribution in [0.1, 0.15) is 23.6 Å². The molecule has 34 heavy (non-hydrogen) atoms. The summed E-state index contributed by atoms with van der Waals surface area (Å²) in [4.78, 5) is 27.1. The number of hydrogen-bond acceptors (Lipinski definition) is 5. The molecule has 1 saturated heterocycles. The Morgan fingerprint density at radius 2 is 1.76 bits per heavy atom. The Morgan fingerprint density at radius 1 is 1.00 bits per heavy atom. The van der Waals surface area contributed by atoms with Crippen LogP contribution in [-0.4, -0.2) is 22.7 Å². The number of amides is 2. The quantitative estimate of drug-likeness (QED) is 0.271. The molecule has 0 aromatic heterocycles. The van der Waals surface area contributed by atoms with E-state index >= 15 is 0 Å². The lowest BCUT2D eigenvalue weighted by molar-refractivity contribution is -0.123. The SMILES string of the molecule is CCOc1cc(/C=C2\SC(=O)N(Cc3ccccc3Br)C2=O)ccc1OCc1ccc(Cl)cc1. The number of imide groups is 1. The average molecular weight is 559 g/mol. The molecule has 174 valence electrons. The van der Waals surface area contributed by atoms with Gasteiger partial charge in [0.2, 0.25) is 0 Å². The van der Waals surface area contributed by atoms with Gasteiger partial charge in [0.15, 0.2) is 11.5 Å². The molecule has 1 aliphatic heterocycles. The molecule has 0 atom stereocenters. The first kappa shape index (κ1) is 24.4. The second kappa shape index (κ2) is 11.1. The second-order valence-corrected chi connectivity index (χ2v) is 9.70. The average Bonchev–Trinajstić information content (AvgIpc) is 3.08. The van der Waals surface area contributed by atoms with Crippen molar-refractivity contribution in [1.29, 1.82) is 0 Å². The highest BCUT2D eigenvalue weighted by atomic mass is 79.9. The summed E-state index contributed by atoms with van der Waals surface area (Å²) in [6, 6.07) is 20.4. The third-order valence-corrected chi connectivity index (χ3v) is 6.97. The zero-order valence-electron chi connectivity index (χ0n) is 18.3. The van der Waals surface area contributed by atoms with Gasteiger partial charge in [0, 0.05) is 9.50 Å². The summed E-state index contributed by atoms with van der Waals surface area (Å²) in [5.74, 6) is 0.848. The molecular weight excluding hydrogens is 538 g/mol. The van der Waals surface area contributed by atoms with E-state index in [0.717, 1.165) is 32.9 Å². The fourth-order valence-corrected chi connectivity index (χ4v) is 4.70. The van der Waals surface area contributed by atoms with Crippen molar-refractivity contribution >= 4 is 56.5 Å². The van der Waals surface area contributed by atoms with Gasteiger partial charge in [-0.3, -0.25) is 14.5 Å². The number of nitrogens with zero attached hydrogens (tertiary/aromatic N) is 1. The van der Waals surface area contributed by atoms with Crippen LogP contribution >= 0.6 is 39.3 Å². The first-order valence-electron chi connectivity index (χ1n) is 10.6. The lowest BCUT2D eigenvalue weighted by Crippen LogP contribution is -2.27. The summed E-state index contributed by atoms with van der Waals surface area (Å²) in [7, 11) is 0. The van der Waals surface area contributed by atoms with Gasteiger partial charge in [-0.1, -0.05) is 63.9 Å². The van der Waals surface area contributed by atoms with Crippen LogP contribution in [-0.2, 0) is 17.9 Å². The predicted molar refractivity (Wildman–Crippen MR) is 139 cm³/mol. The van der Waals surface area contributed by atoms with Gasteiger partial charge < -0.3 is 9.47 Å². The number of ether oxygens (including phenoxy) is 2. The predicted octanol–water partition coefficient (Wildman–Crippen LogP) is 7.32. The third-order valence-electron chi connectivity index (χ3n) is 5.03. The maximum absolute atomic E-state index is 12.9. The summed E-state index contributed by atoms with van der Waals surface area (Å²) in [6.07, 6.45) is 1.70. The molecule has 3 aromatic rings. The fraction of sp³-hybridized carbons (Fsp3) is 0.154. The number of benzene rings is 3. The van der Waals surface area contributed by atoms with E-state index in [1.165, 1.54) is 4.90 Å². The topological polar surface area (TPSA) is 55.8 Å². The van der Waals surface area contributed by atoms with Crippen molar-refractivity contribution in [3.8, 4) is 11.5 Å². The summed E-state index contributed by atoms with van der Waals surface area (Å²) >= 11 is 10.3. The maximum atomic E-state index is 12.9. The molecule has 0 radical (unpaired) electrons. The summed E-state index contributed by atoms with van der Waals surface area (Å²) in [6.45, 7) is 2.93. The largest absolute Gasteiger partial charge is 0.490 e. The molecule has 0 unspecified atom stereocenters. The Balaban J connectivity index is 1.51. The van der Waals surface area contributed by atoms with Crippen molar-refractivity contribution in [2.75, 3.05) is 6.61 Å². The van der Waals surface area contributed by atoms with Gasteiger partial charge in [-0.05, 0) is 71.8 Å². The minimum absolute atomic E-state index is 0.213. The van der Waals surface area contributed by atoms with Crippen molar-refractivity contribution in [3.63, 3.8) is 0 Å². The number of halogens is 2. The monoisotopic (exact) mass is 557 g/mol. The molecule has 5 nitrogen and oxygen atoms in total. The van der Waals surface area contributed by atoms with E-state index in [0.29, 0.717) is 34.6 Å². The van der Waals surface area contributed by atoms with Gasteiger partial charge in [-0.25, -0.2) is 0 Å². The molecule has 1 fully saturated rings. The van der Waals surface area contributed by atoms with E-state index < -0.39 is 0 Å². The van der Waals surface area contributed by atoms with E-state index in [1.807, 2.05) is 67.6 Å².